The first-order valence-electron chi connectivity index (χ1n) is 8.45. The van der Waals surface area contributed by atoms with Crippen LogP contribution in [0.2, 0.25) is 0 Å². The minimum atomic E-state index is -0.341. The zero-order valence-electron chi connectivity index (χ0n) is 15.3. The molecule has 1 unspecified atom stereocenters. The van der Waals surface area contributed by atoms with Gasteiger partial charge >= 0.3 is 5.97 Å². The quantitative estimate of drug-likeness (QED) is 0.167. The molecule has 22 heavy (non-hydrogen) atoms. The molecule has 0 aromatic carbocycles. The zero-order valence-corrected chi connectivity index (χ0v) is 16.0. The van der Waals surface area contributed by atoms with Gasteiger partial charge in [0.2, 0.25) is 0 Å². The summed E-state index contributed by atoms with van der Waals surface area (Å²) in [5.74, 6) is 0.501. The van der Waals surface area contributed by atoms with E-state index in [0.29, 0.717) is 5.57 Å². The van der Waals surface area contributed by atoms with Crippen LogP contribution in [-0.4, -0.2) is 37.1 Å². The lowest BCUT2D eigenvalue weighted by molar-refractivity contribution is -0.150. The number of carbonyl (C=O) groups is 1. The van der Waals surface area contributed by atoms with Crippen LogP contribution >= 0.6 is 11.6 Å². The van der Waals surface area contributed by atoms with Crippen molar-refractivity contribution in [2.75, 3.05) is 20.0 Å². The number of nitrogens with zero attached hydrogens (tertiary/aromatic N) is 1. The summed E-state index contributed by atoms with van der Waals surface area (Å²) in [5.41, 5.74) is 0.429. The number of rotatable bonds is 11. The van der Waals surface area contributed by atoms with E-state index in [1.165, 1.54) is 51.4 Å². The smallest absolute Gasteiger partial charge is 0.334 e. The Balaban J connectivity index is 0. The average molecular weight is 334 g/mol. The number of carbonyl (C=O) groups excluding carboxylic acids is 1. The van der Waals surface area contributed by atoms with Gasteiger partial charge in [0.1, 0.15) is 0 Å². The van der Waals surface area contributed by atoms with Gasteiger partial charge in [-0.2, -0.15) is 0 Å². The molecule has 0 aliphatic heterocycles. The second kappa shape index (κ2) is 16.8. The predicted octanol–water partition coefficient (Wildman–Crippen LogP) is 5.38. The van der Waals surface area contributed by atoms with Gasteiger partial charge in [0.05, 0.1) is 0 Å². The van der Waals surface area contributed by atoms with E-state index in [1.807, 2.05) is 14.1 Å². The molecule has 0 aliphatic rings. The average Bonchev–Trinajstić information content (AvgIpc) is 2.46. The molecule has 0 N–H and O–H groups in total. The normalized spacial score (nSPS) is 11.6. The summed E-state index contributed by atoms with van der Waals surface area (Å²) in [5, 5.41) is 0. The maximum atomic E-state index is 10.9. The number of hydrogen-bond donors (Lipinski definition) is 0. The Morgan fingerprint density at radius 2 is 1.55 bits per heavy atom. The molecule has 0 saturated heterocycles. The standard InChI is InChI=1S/C10H21Cl.C8H15NO2/c1-2-3-4-5-6-7-8-9-10-11;1-6(2)8(10)11-7(3)9(4)5/h2-10H2,1H3;7H,1H2,2-5H3. The lowest BCUT2D eigenvalue weighted by Gasteiger charge is -2.19. The minimum absolute atomic E-state index is 0.195. The maximum Gasteiger partial charge on any atom is 0.334 e. The third-order valence-corrected chi connectivity index (χ3v) is 3.61. The number of unbranched alkanes of at least 4 members (excludes halogenated alkanes) is 7. The largest absolute Gasteiger partial charge is 0.443 e. The predicted molar refractivity (Wildman–Crippen MR) is 97.4 cm³/mol. The molecule has 4 heteroatoms. The SMILES string of the molecule is C=C(C)C(=O)OC(C)N(C)C.CCCCCCCCCCCl. The summed E-state index contributed by atoms with van der Waals surface area (Å²) in [4.78, 5) is 12.7. The highest BCUT2D eigenvalue weighted by atomic mass is 35.5. The van der Waals surface area contributed by atoms with E-state index in [-0.39, 0.29) is 12.2 Å². The number of alkyl halides is 1. The first-order valence-corrected chi connectivity index (χ1v) is 8.99. The van der Waals surface area contributed by atoms with Crippen molar-refractivity contribution in [3.8, 4) is 0 Å². The fourth-order valence-electron chi connectivity index (χ4n) is 1.59. The highest BCUT2D eigenvalue weighted by molar-refractivity contribution is 6.17. The molecule has 1 atom stereocenters. The van der Waals surface area contributed by atoms with Gasteiger partial charge in [-0.15, -0.1) is 11.6 Å². The molecule has 0 aromatic heterocycles. The van der Waals surface area contributed by atoms with Crippen molar-refractivity contribution >= 4 is 17.6 Å². The summed E-state index contributed by atoms with van der Waals surface area (Å²) < 4.78 is 4.96. The summed E-state index contributed by atoms with van der Waals surface area (Å²) in [7, 11) is 3.69. The first-order chi connectivity index (χ1) is 10.4. The molecule has 0 fully saturated rings. The van der Waals surface area contributed by atoms with Crippen molar-refractivity contribution in [3.63, 3.8) is 0 Å². The molecular weight excluding hydrogens is 298 g/mol. The molecule has 0 bridgehead atoms. The third kappa shape index (κ3) is 17.5. The Bertz CT molecular complexity index is 272. The molecule has 132 valence electrons. The molecule has 3 nitrogen and oxygen atoms in total. The molecule has 0 aliphatic carbocycles. The maximum absolute atomic E-state index is 10.9. The first kappa shape index (κ1) is 23.7. The summed E-state index contributed by atoms with van der Waals surface area (Å²) in [6, 6.07) is 0. The van der Waals surface area contributed by atoms with Crippen LogP contribution in [0.4, 0.5) is 0 Å². The van der Waals surface area contributed by atoms with Gasteiger partial charge in [0, 0.05) is 11.5 Å². The van der Waals surface area contributed by atoms with E-state index in [4.69, 9.17) is 16.3 Å². The lowest BCUT2D eigenvalue weighted by Crippen LogP contribution is -2.30. The fraction of sp³-hybridized carbons (Fsp3) is 0.833. The van der Waals surface area contributed by atoms with Crippen LogP contribution in [0, 0.1) is 0 Å². The molecule has 0 rings (SSSR count). The van der Waals surface area contributed by atoms with Crippen LogP contribution in [-0.2, 0) is 9.53 Å². The van der Waals surface area contributed by atoms with Crippen molar-refractivity contribution in [3.05, 3.63) is 12.2 Å². The van der Waals surface area contributed by atoms with E-state index < -0.39 is 0 Å². The van der Waals surface area contributed by atoms with Crippen LogP contribution in [0.3, 0.4) is 0 Å². The van der Waals surface area contributed by atoms with Gasteiger partial charge in [0.15, 0.2) is 6.23 Å². The monoisotopic (exact) mass is 333 g/mol. The number of esters is 1. The third-order valence-electron chi connectivity index (χ3n) is 3.34. The number of halogens is 1. The van der Waals surface area contributed by atoms with Gasteiger partial charge in [-0.25, -0.2) is 4.79 Å². The summed E-state index contributed by atoms with van der Waals surface area (Å²) in [6.45, 7) is 9.17. The van der Waals surface area contributed by atoms with Crippen molar-refractivity contribution in [2.24, 2.45) is 0 Å². The topological polar surface area (TPSA) is 29.5 Å². The van der Waals surface area contributed by atoms with Gasteiger partial charge in [-0.1, -0.05) is 58.4 Å². The molecular formula is C18H36ClNO2. The van der Waals surface area contributed by atoms with Gasteiger partial charge < -0.3 is 4.74 Å². The van der Waals surface area contributed by atoms with Crippen molar-refractivity contribution in [2.45, 2.75) is 78.4 Å². The van der Waals surface area contributed by atoms with Gasteiger partial charge in [0.25, 0.3) is 0 Å². The Morgan fingerprint density at radius 3 is 1.91 bits per heavy atom. The minimum Gasteiger partial charge on any atom is -0.443 e. The molecule has 0 amide bonds. The molecule has 0 spiro atoms. The van der Waals surface area contributed by atoms with Crippen LogP contribution in [0.5, 0.6) is 0 Å². The highest BCUT2D eigenvalue weighted by Crippen LogP contribution is 2.08. The Morgan fingerprint density at radius 1 is 1.09 bits per heavy atom. The van der Waals surface area contributed by atoms with Crippen LogP contribution in [0.25, 0.3) is 0 Å². The van der Waals surface area contributed by atoms with E-state index in [2.05, 4.69) is 13.5 Å². The molecule has 0 saturated carbocycles. The molecule has 0 heterocycles. The molecule has 0 aromatic rings. The van der Waals surface area contributed by atoms with E-state index in [9.17, 15) is 4.79 Å². The number of ether oxygens (including phenoxy) is 1. The fourth-order valence-corrected chi connectivity index (χ4v) is 1.78. The molecule has 0 radical (unpaired) electrons. The lowest BCUT2D eigenvalue weighted by atomic mass is 10.1. The van der Waals surface area contributed by atoms with Crippen LogP contribution in [0.15, 0.2) is 12.2 Å². The Labute approximate surface area is 143 Å². The van der Waals surface area contributed by atoms with E-state index in [0.717, 1.165) is 5.88 Å². The van der Waals surface area contributed by atoms with E-state index >= 15 is 0 Å². The number of hydrogen-bond acceptors (Lipinski definition) is 3. The van der Waals surface area contributed by atoms with Crippen molar-refractivity contribution in [1.82, 2.24) is 4.90 Å². The van der Waals surface area contributed by atoms with Crippen LogP contribution < -0.4 is 0 Å². The zero-order chi connectivity index (χ0) is 17.4. The van der Waals surface area contributed by atoms with Crippen molar-refractivity contribution in [1.29, 1.82) is 0 Å². The van der Waals surface area contributed by atoms with Crippen molar-refractivity contribution < 1.29 is 9.53 Å². The summed E-state index contributed by atoms with van der Waals surface area (Å²) >= 11 is 5.56. The summed E-state index contributed by atoms with van der Waals surface area (Å²) in [6.07, 6.45) is 10.8. The van der Waals surface area contributed by atoms with Crippen LogP contribution in [0.1, 0.15) is 72.1 Å². The van der Waals surface area contributed by atoms with E-state index in [1.54, 1.807) is 18.7 Å². The van der Waals surface area contributed by atoms with Gasteiger partial charge in [-0.05, 0) is 34.4 Å². The second-order valence-corrected chi connectivity index (χ2v) is 6.29. The highest BCUT2D eigenvalue weighted by Gasteiger charge is 2.10. The van der Waals surface area contributed by atoms with Gasteiger partial charge in [-0.3, -0.25) is 4.90 Å². The Kier molecular flexibility index (Phi) is 18.1. The second-order valence-electron chi connectivity index (χ2n) is 5.91. The Hall–Kier alpha value is -0.540.